The predicted molar refractivity (Wildman–Crippen MR) is 65.1 cm³/mol. The summed E-state index contributed by atoms with van der Waals surface area (Å²) in [6.45, 7) is 6.70. The standard InChI is InChI=1S/C13H18ClN/c1-8-11(13(2,3)12(8)15)9-5-4-6-10(14)7-9/h4-8,11-12H,15H2,1-3H3. The highest BCUT2D eigenvalue weighted by Gasteiger charge is 2.52. The third-order valence-electron chi connectivity index (χ3n) is 3.96. The van der Waals surface area contributed by atoms with Crippen LogP contribution in [0.15, 0.2) is 24.3 Å². The van der Waals surface area contributed by atoms with Gasteiger partial charge in [0.05, 0.1) is 0 Å². The summed E-state index contributed by atoms with van der Waals surface area (Å²) < 4.78 is 0. The van der Waals surface area contributed by atoms with Gasteiger partial charge in [0.15, 0.2) is 0 Å². The van der Waals surface area contributed by atoms with Crippen LogP contribution < -0.4 is 5.73 Å². The molecule has 2 heteroatoms. The van der Waals surface area contributed by atoms with Crippen molar-refractivity contribution >= 4 is 11.6 Å². The number of benzene rings is 1. The van der Waals surface area contributed by atoms with Gasteiger partial charge >= 0.3 is 0 Å². The molecule has 2 rings (SSSR count). The molecule has 0 aromatic heterocycles. The van der Waals surface area contributed by atoms with Crippen LogP contribution in [-0.4, -0.2) is 6.04 Å². The number of hydrogen-bond donors (Lipinski definition) is 1. The van der Waals surface area contributed by atoms with E-state index in [1.165, 1.54) is 5.56 Å². The van der Waals surface area contributed by atoms with Crippen molar-refractivity contribution in [2.45, 2.75) is 32.7 Å². The normalized spacial score (nSPS) is 33.5. The fourth-order valence-electron chi connectivity index (χ4n) is 3.08. The smallest absolute Gasteiger partial charge is 0.0408 e. The van der Waals surface area contributed by atoms with Crippen LogP contribution in [0.5, 0.6) is 0 Å². The quantitative estimate of drug-likeness (QED) is 0.776. The minimum Gasteiger partial charge on any atom is -0.327 e. The first-order valence-electron chi connectivity index (χ1n) is 5.45. The molecule has 82 valence electrons. The predicted octanol–water partition coefficient (Wildman–Crippen LogP) is 3.43. The first-order valence-corrected chi connectivity index (χ1v) is 5.83. The largest absolute Gasteiger partial charge is 0.327 e. The van der Waals surface area contributed by atoms with E-state index in [4.69, 9.17) is 17.3 Å². The molecular weight excluding hydrogens is 206 g/mol. The summed E-state index contributed by atoms with van der Waals surface area (Å²) in [4.78, 5) is 0. The Hall–Kier alpha value is -0.530. The van der Waals surface area contributed by atoms with Gasteiger partial charge in [0.25, 0.3) is 0 Å². The van der Waals surface area contributed by atoms with Crippen LogP contribution in [0, 0.1) is 11.3 Å². The first kappa shape index (κ1) is 11.0. The lowest BCUT2D eigenvalue weighted by Gasteiger charge is -2.56. The summed E-state index contributed by atoms with van der Waals surface area (Å²) in [6, 6.07) is 8.45. The van der Waals surface area contributed by atoms with Crippen LogP contribution in [0.2, 0.25) is 5.02 Å². The van der Waals surface area contributed by atoms with Crippen molar-refractivity contribution in [3.05, 3.63) is 34.9 Å². The molecule has 1 fully saturated rings. The minimum absolute atomic E-state index is 0.185. The average Bonchev–Trinajstić information content (AvgIpc) is 2.17. The van der Waals surface area contributed by atoms with Gasteiger partial charge in [-0.25, -0.2) is 0 Å². The van der Waals surface area contributed by atoms with Gasteiger partial charge in [-0.05, 0) is 34.9 Å². The summed E-state index contributed by atoms with van der Waals surface area (Å²) >= 11 is 6.02. The summed E-state index contributed by atoms with van der Waals surface area (Å²) in [5.74, 6) is 1.07. The average molecular weight is 224 g/mol. The van der Waals surface area contributed by atoms with E-state index < -0.39 is 0 Å². The molecule has 0 aliphatic heterocycles. The van der Waals surface area contributed by atoms with Crippen LogP contribution in [0.4, 0.5) is 0 Å². The van der Waals surface area contributed by atoms with Crippen LogP contribution in [0.25, 0.3) is 0 Å². The summed E-state index contributed by atoms with van der Waals surface area (Å²) in [7, 11) is 0. The molecule has 0 spiro atoms. The minimum atomic E-state index is 0.185. The zero-order chi connectivity index (χ0) is 11.2. The Morgan fingerprint density at radius 3 is 2.53 bits per heavy atom. The van der Waals surface area contributed by atoms with E-state index in [0.717, 1.165) is 5.02 Å². The molecule has 2 N–H and O–H groups in total. The van der Waals surface area contributed by atoms with Gasteiger partial charge in [-0.2, -0.15) is 0 Å². The second-order valence-corrected chi connectivity index (χ2v) is 5.68. The van der Waals surface area contributed by atoms with E-state index in [1.807, 2.05) is 12.1 Å². The Labute approximate surface area is 96.6 Å². The van der Waals surface area contributed by atoms with E-state index in [0.29, 0.717) is 17.9 Å². The molecular formula is C13H18ClN. The van der Waals surface area contributed by atoms with Crippen LogP contribution in [-0.2, 0) is 0 Å². The Morgan fingerprint density at radius 2 is 2.00 bits per heavy atom. The maximum absolute atomic E-state index is 6.13. The van der Waals surface area contributed by atoms with Crippen LogP contribution in [0.1, 0.15) is 32.3 Å². The fourth-order valence-corrected chi connectivity index (χ4v) is 3.28. The summed E-state index contributed by atoms with van der Waals surface area (Å²) in [5.41, 5.74) is 7.64. The first-order chi connectivity index (χ1) is 6.94. The zero-order valence-corrected chi connectivity index (χ0v) is 10.3. The molecule has 0 saturated heterocycles. The van der Waals surface area contributed by atoms with Crippen molar-refractivity contribution in [2.75, 3.05) is 0 Å². The van der Waals surface area contributed by atoms with Crippen molar-refractivity contribution < 1.29 is 0 Å². The molecule has 1 aromatic carbocycles. The second kappa shape index (κ2) is 3.50. The molecule has 1 saturated carbocycles. The maximum Gasteiger partial charge on any atom is 0.0408 e. The van der Waals surface area contributed by atoms with Crippen molar-refractivity contribution in [1.82, 2.24) is 0 Å². The molecule has 0 bridgehead atoms. The molecule has 3 unspecified atom stereocenters. The van der Waals surface area contributed by atoms with Crippen molar-refractivity contribution in [1.29, 1.82) is 0 Å². The lowest BCUT2D eigenvalue weighted by atomic mass is 9.51. The fraction of sp³-hybridized carbons (Fsp3) is 0.538. The highest BCUT2D eigenvalue weighted by Crippen LogP contribution is 2.55. The Balaban J connectivity index is 2.33. The molecule has 0 amide bonds. The topological polar surface area (TPSA) is 26.0 Å². The van der Waals surface area contributed by atoms with E-state index in [2.05, 4.69) is 32.9 Å². The highest BCUT2D eigenvalue weighted by molar-refractivity contribution is 6.30. The molecule has 1 aliphatic carbocycles. The van der Waals surface area contributed by atoms with Crippen molar-refractivity contribution in [2.24, 2.45) is 17.1 Å². The SMILES string of the molecule is CC1C(N)C(C)(C)C1c1cccc(Cl)c1. The van der Waals surface area contributed by atoms with Gasteiger partial charge in [-0.1, -0.05) is 44.5 Å². The van der Waals surface area contributed by atoms with Gasteiger partial charge in [-0.15, -0.1) is 0 Å². The summed E-state index contributed by atoms with van der Waals surface area (Å²) in [5, 5.41) is 0.816. The number of hydrogen-bond acceptors (Lipinski definition) is 1. The molecule has 1 nitrogen and oxygen atoms in total. The van der Waals surface area contributed by atoms with Crippen molar-refractivity contribution in [3.63, 3.8) is 0 Å². The second-order valence-electron chi connectivity index (χ2n) is 5.24. The third kappa shape index (κ3) is 1.58. The Bertz CT molecular complexity index is 373. The van der Waals surface area contributed by atoms with Crippen molar-refractivity contribution in [3.8, 4) is 0 Å². The molecule has 3 atom stereocenters. The van der Waals surface area contributed by atoms with Crippen LogP contribution in [0.3, 0.4) is 0 Å². The van der Waals surface area contributed by atoms with E-state index in [1.54, 1.807) is 0 Å². The molecule has 0 heterocycles. The molecule has 15 heavy (non-hydrogen) atoms. The Morgan fingerprint density at radius 1 is 1.33 bits per heavy atom. The third-order valence-corrected chi connectivity index (χ3v) is 4.20. The number of nitrogens with two attached hydrogens (primary N) is 1. The van der Waals surface area contributed by atoms with E-state index in [9.17, 15) is 0 Å². The van der Waals surface area contributed by atoms with Gasteiger partial charge < -0.3 is 5.73 Å². The Kier molecular flexibility index (Phi) is 2.56. The summed E-state index contributed by atoms with van der Waals surface area (Å²) in [6.07, 6.45) is 0. The van der Waals surface area contributed by atoms with E-state index >= 15 is 0 Å². The maximum atomic E-state index is 6.13. The lowest BCUT2D eigenvalue weighted by Crippen LogP contribution is -2.59. The molecule has 1 aliphatic rings. The number of rotatable bonds is 1. The number of halogens is 1. The molecule has 1 aromatic rings. The zero-order valence-electron chi connectivity index (χ0n) is 9.50. The van der Waals surface area contributed by atoms with Crippen LogP contribution >= 0.6 is 11.6 Å². The van der Waals surface area contributed by atoms with Gasteiger partial charge in [-0.3, -0.25) is 0 Å². The van der Waals surface area contributed by atoms with Gasteiger partial charge in [0.1, 0.15) is 0 Å². The monoisotopic (exact) mass is 223 g/mol. The lowest BCUT2D eigenvalue weighted by molar-refractivity contribution is 0.0255. The van der Waals surface area contributed by atoms with E-state index in [-0.39, 0.29) is 5.41 Å². The van der Waals surface area contributed by atoms with Gasteiger partial charge in [0.2, 0.25) is 0 Å². The molecule has 0 radical (unpaired) electrons. The highest BCUT2D eigenvalue weighted by atomic mass is 35.5. The van der Waals surface area contributed by atoms with Gasteiger partial charge in [0, 0.05) is 11.1 Å².